The van der Waals surface area contributed by atoms with Crippen molar-refractivity contribution >= 4 is 11.6 Å². The van der Waals surface area contributed by atoms with Crippen molar-refractivity contribution in [2.45, 2.75) is 6.10 Å². The van der Waals surface area contributed by atoms with Gasteiger partial charge in [-0.05, 0) is 29.8 Å². The van der Waals surface area contributed by atoms with Gasteiger partial charge in [-0.2, -0.15) is 0 Å². The van der Waals surface area contributed by atoms with Crippen LogP contribution in [0.2, 0.25) is 5.02 Å². The molecule has 1 atom stereocenters. The Morgan fingerprint density at radius 1 is 1.13 bits per heavy atom. The standard InChI is InChI=1S/C12H10ClNO/c13-10-5-3-4-9(8-10)12(15)11-6-1-2-7-14-11/h1-8,12,15H/t12-/m1/s1. The average molecular weight is 220 g/mol. The molecular formula is C12H10ClNO. The van der Waals surface area contributed by atoms with Gasteiger partial charge in [0.05, 0.1) is 5.69 Å². The average Bonchev–Trinajstić information content (AvgIpc) is 2.29. The van der Waals surface area contributed by atoms with Crippen molar-refractivity contribution in [3.05, 3.63) is 64.9 Å². The molecule has 2 nitrogen and oxygen atoms in total. The van der Waals surface area contributed by atoms with E-state index in [4.69, 9.17) is 11.6 Å². The number of nitrogens with zero attached hydrogens (tertiary/aromatic N) is 1. The topological polar surface area (TPSA) is 33.1 Å². The maximum absolute atomic E-state index is 10.00. The summed E-state index contributed by atoms with van der Waals surface area (Å²) >= 11 is 5.84. The number of hydrogen-bond donors (Lipinski definition) is 1. The number of aromatic nitrogens is 1. The van der Waals surface area contributed by atoms with Gasteiger partial charge in [-0.1, -0.05) is 29.8 Å². The molecule has 0 aliphatic carbocycles. The van der Waals surface area contributed by atoms with E-state index >= 15 is 0 Å². The van der Waals surface area contributed by atoms with Crippen LogP contribution in [-0.4, -0.2) is 10.1 Å². The molecule has 1 N–H and O–H groups in total. The van der Waals surface area contributed by atoms with E-state index in [1.165, 1.54) is 0 Å². The molecule has 76 valence electrons. The predicted molar refractivity (Wildman–Crippen MR) is 59.8 cm³/mol. The minimum Gasteiger partial charge on any atom is -0.382 e. The molecule has 1 aromatic heterocycles. The highest BCUT2D eigenvalue weighted by atomic mass is 35.5. The smallest absolute Gasteiger partial charge is 0.121 e. The second kappa shape index (κ2) is 4.43. The summed E-state index contributed by atoms with van der Waals surface area (Å²) in [6.07, 6.45) is 0.938. The zero-order valence-electron chi connectivity index (χ0n) is 7.97. The third kappa shape index (κ3) is 2.35. The predicted octanol–water partition coefficient (Wildman–Crippen LogP) is 2.82. The fraction of sp³-hybridized carbons (Fsp3) is 0.0833. The lowest BCUT2D eigenvalue weighted by atomic mass is 10.1. The maximum atomic E-state index is 10.00. The molecule has 3 heteroatoms. The van der Waals surface area contributed by atoms with E-state index in [9.17, 15) is 5.11 Å². The van der Waals surface area contributed by atoms with E-state index in [0.29, 0.717) is 10.7 Å². The van der Waals surface area contributed by atoms with Gasteiger partial charge in [0.1, 0.15) is 6.10 Å². The molecule has 1 aromatic carbocycles. The number of pyridine rings is 1. The fourth-order valence-electron chi connectivity index (χ4n) is 1.39. The van der Waals surface area contributed by atoms with Gasteiger partial charge in [-0.3, -0.25) is 4.98 Å². The van der Waals surface area contributed by atoms with Gasteiger partial charge in [0.25, 0.3) is 0 Å². The maximum Gasteiger partial charge on any atom is 0.121 e. The minimum atomic E-state index is -0.718. The number of rotatable bonds is 2. The molecule has 0 radical (unpaired) electrons. The summed E-state index contributed by atoms with van der Waals surface area (Å²) < 4.78 is 0. The largest absolute Gasteiger partial charge is 0.382 e. The van der Waals surface area contributed by atoms with Crippen LogP contribution in [0.3, 0.4) is 0 Å². The third-order valence-electron chi connectivity index (χ3n) is 2.13. The number of halogens is 1. The van der Waals surface area contributed by atoms with Gasteiger partial charge in [0.2, 0.25) is 0 Å². The van der Waals surface area contributed by atoms with Gasteiger partial charge in [-0.15, -0.1) is 0 Å². The second-order valence-corrected chi connectivity index (χ2v) is 3.65. The first-order valence-corrected chi connectivity index (χ1v) is 4.99. The minimum absolute atomic E-state index is 0.613. The summed E-state index contributed by atoms with van der Waals surface area (Å²) in [5.41, 5.74) is 1.38. The monoisotopic (exact) mass is 219 g/mol. The van der Waals surface area contributed by atoms with Crippen LogP contribution in [0.1, 0.15) is 17.4 Å². The Bertz CT molecular complexity index is 444. The fourth-order valence-corrected chi connectivity index (χ4v) is 1.58. The van der Waals surface area contributed by atoms with E-state index < -0.39 is 6.10 Å². The summed E-state index contributed by atoms with van der Waals surface area (Å²) in [6, 6.07) is 12.6. The van der Waals surface area contributed by atoms with Crippen LogP contribution in [0.5, 0.6) is 0 Å². The highest BCUT2D eigenvalue weighted by molar-refractivity contribution is 6.30. The Hall–Kier alpha value is -1.38. The van der Waals surface area contributed by atoms with Crippen LogP contribution in [0.25, 0.3) is 0 Å². The molecule has 1 heterocycles. The van der Waals surface area contributed by atoms with Crippen molar-refractivity contribution in [1.82, 2.24) is 4.98 Å². The molecule has 2 rings (SSSR count). The molecule has 0 bridgehead atoms. The highest BCUT2D eigenvalue weighted by Gasteiger charge is 2.10. The Morgan fingerprint density at radius 2 is 2.00 bits per heavy atom. The van der Waals surface area contributed by atoms with Crippen molar-refractivity contribution in [2.75, 3.05) is 0 Å². The summed E-state index contributed by atoms with van der Waals surface area (Å²) in [5, 5.41) is 10.6. The molecule has 0 aliphatic heterocycles. The normalized spacial score (nSPS) is 12.4. The molecule has 15 heavy (non-hydrogen) atoms. The number of benzene rings is 1. The van der Waals surface area contributed by atoms with Crippen LogP contribution in [0, 0.1) is 0 Å². The molecule has 0 fully saturated rings. The lowest BCUT2D eigenvalue weighted by Gasteiger charge is -2.10. The number of aliphatic hydroxyl groups excluding tert-OH is 1. The van der Waals surface area contributed by atoms with Crippen molar-refractivity contribution in [2.24, 2.45) is 0 Å². The zero-order valence-corrected chi connectivity index (χ0v) is 8.72. The van der Waals surface area contributed by atoms with Gasteiger partial charge < -0.3 is 5.11 Å². The van der Waals surface area contributed by atoms with Crippen LogP contribution in [-0.2, 0) is 0 Å². The third-order valence-corrected chi connectivity index (χ3v) is 2.37. The van der Waals surface area contributed by atoms with Gasteiger partial charge >= 0.3 is 0 Å². The summed E-state index contributed by atoms with van der Waals surface area (Å²) in [7, 11) is 0. The molecular weight excluding hydrogens is 210 g/mol. The first kappa shape index (κ1) is 10.1. The lowest BCUT2D eigenvalue weighted by molar-refractivity contribution is 0.215. The summed E-state index contributed by atoms with van der Waals surface area (Å²) in [6.45, 7) is 0. The van der Waals surface area contributed by atoms with Crippen LogP contribution in [0.4, 0.5) is 0 Å². The number of hydrogen-bond acceptors (Lipinski definition) is 2. The van der Waals surface area contributed by atoms with E-state index in [2.05, 4.69) is 4.98 Å². The van der Waals surface area contributed by atoms with E-state index in [1.807, 2.05) is 24.3 Å². The second-order valence-electron chi connectivity index (χ2n) is 3.21. The molecule has 0 unspecified atom stereocenters. The van der Waals surface area contributed by atoms with Crippen LogP contribution < -0.4 is 0 Å². The van der Waals surface area contributed by atoms with Crippen LogP contribution in [0.15, 0.2) is 48.7 Å². The quantitative estimate of drug-likeness (QED) is 0.843. The first-order chi connectivity index (χ1) is 7.27. The van der Waals surface area contributed by atoms with Crippen molar-refractivity contribution in [3.63, 3.8) is 0 Å². The first-order valence-electron chi connectivity index (χ1n) is 4.62. The van der Waals surface area contributed by atoms with Crippen molar-refractivity contribution < 1.29 is 5.11 Å². The van der Waals surface area contributed by atoms with Gasteiger partial charge in [-0.25, -0.2) is 0 Å². The van der Waals surface area contributed by atoms with E-state index in [0.717, 1.165) is 5.56 Å². The molecule has 0 saturated heterocycles. The Kier molecular flexibility index (Phi) is 2.99. The number of aliphatic hydroxyl groups is 1. The van der Waals surface area contributed by atoms with Gasteiger partial charge in [0.15, 0.2) is 0 Å². The lowest BCUT2D eigenvalue weighted by Crippen LogP contribution is -2.01. The van der Waals surface area contributed by atoms with Crippen molar-refractivity contribution in [3.8, 4) is 0 Å². The zero-order chi connectivity index (χ0) is 10.7. The summed E-state index contributed by atoms with van der Waals surface area (Å²) in [5.74, 6) is 0. The summed E-state index contributed by atoms with van der Waals surface area (Å²) in [4.78, 5) is 4.09. The molecule has 0 amide bonds. The van der Waals surface area contributed by atoms with E-state index in [1.54, 1.807) is 24.4 Å². The van der Waals surface area contributed by atoms with Crippen molar-refractivity contribution in [1.29, 1.82) is 0 Å². The highest BCUT2D eigenvalue weighted by Crippen LogP contribution is 2.22. The Morgan fingerprint density at radius 3 is 2.67 bits per heavy atom. The molecule has 0 spiro atoms. The Balaban J connectivity index is 2.32. The van der Waals surface area contributed by atoms with Gasteiger partial charge in [0, 0.05) is 11.2 Å². The van der Waals surface area contributed by atoms with Crippen LogP contribution >= 0.6 is 11.6 Å². The Labute approximate surface area is 93.2 Å². The molecule has 0 saturated carbocycles. The molecule has 0 aliphatic rings. The SMILES string of the molecule is O[C@H](c1cccc(Cl)c1)c1ccccn1. The van der Waals surface area contributed by atoms with E-state index in [-0.39, 0.29) is 0 Å². The molecule has 2 aromatic rings.